The van der Waals surface area contributed by atoms with Crippen LogP contribution in [0.3, 0.4) is 0 Å². The summed E-state index contributed by atoms with van der Waals surface area (Å²) in [6, 6.07) is 58.4. The van der Waals surface area contributed by atoms with Gasteiger partial charge in [-0.3, -0.25) is 0 Å². The van der Waals surface area contributed by atoms with E-state index in [9.17, 15) is 0 Å². The van der Waals surface area contributed by atoms with Crippen LogP contribution in [0, 0.1) is 0 Å². The highest BCUT2D eigenvalue weighted by Gasteiger charge is 2.33. The van der Waals surface area contributed by atoms with E-state index in [2.05, 4.69) is 121 Å². The van der Waals surface area contributed by atoms with Crippen LogP contribution in [0.2, 0.25) is 0 Å². The molecule has 7 aromatic carbocycles. The van der Waals surface area contributed by atoms with Gasteiger partial charge in [0.1, 0.15) is 17.0 Å². The molecule has 6 nitrogen and oxygen atoms in total. The Hall–Kier alpha value is -7.35. The van der Waals surface area contributed by atoms with Gasteiger partial charge < -0.3 is 4.42 Å². The molecule has 0 aliphatic heterocycles. The van der Waals surface area contributed by atoms with Gasteiger partial charge in [-0.05, 0) is 40.5 Å². The normalized spacial score (nSPS) is 12.5. The Bertz CT molecular complexity index is 3330. The maximum atomic E-state index is 6.65. The van der Waals surface area contributed by atoms with Crippen LogP contribution in [0.5, 0.6) is 0 Å². The molecule has 0 fully saturated rings. The number of aromatic nitrogens is 5. The highest BCUT2D eigenvalue weighted by atomic mass is 32.1. The lowest BCUT2D eigenvalue weighted by atomic mass is 9.95. The van der Waals surface area contributed by atoms with E-state index in [-0.39, 0.29) is 5.92 Å². The largest absolute Gasteiger partial charge is 0.456 e. The van der Waals surface area contributed by atoms with Crippen molar-refractivity contribution in [3.05, 3.63) is 187 Å². The minimum absolute atomic E-state index is 0.158. The van der Waals surface area contributed by atoms with Gasteiger partial charge in [-0.15, -0.1) is 11.3 Å². The van der Waals surface area contributed by atoms with Crippen molar-refractivity contribution in [2.75, 3.05) is 0 Å². The molecule has 0 saturated heterocycles. The number of hydrogen-bond donors (Lipinski definition) is 0. The Balaban J connectivity index is 1.13. The van der Waals surface area contributed by atoms with Crippen LogP contribution >= 0.6 is 11.3 Å². The Morgan fingerprint density at radius 2 is 0.965 bits per heavy atom. The molecule has 0 saturated carbocycles. The molecule has 11 aromatic rings. The SMILES string of the molecule is c1ccc(-c2nc(-c3cccc4oc5cccc(-c6nc(-c7ccccc7)c7sc8ccccc8c7n6)c5c34)nc(C3c4ccccc4-c4ccccc43)n2)cc1. The molecule has 0 N–H and O–H groups in total. The molecule has 266 valence electrons. The number of fused-ring (bicyclic) bond motifs is 9. The summed E-state index contributed by atoms with van der Waals surface area (Å²) in [6.07, 6.45) is 0. The molecule has 4 aromatic heterocycles. The van der Waals surface area contributed by atoms with Crippen molar-refractivity contribution in [2.45, 2.75) is 5.92 Å². The van der Waals surface area contributed by atoms with Crippen molar-refractivity contribution in [3.63, 3.8) is 0 Å². The number of thiophene rings is 1. The third kappa shape index (κ3) is 4.99. The van der Waals surface area contributed by atoms with Gasteiger partial charge in [0.05, 0.1) is 21.8 Å². The van der Waals surface area contributed by atoms with E-state index < -0.39 is 0 Å². The molecule has 1 aliphatic carbocycles. The summed E-state index contributed by atoms with van der Waals surface area (Å²) in [4.78, 5) is 26.5. The highest BCUT2D eigenvalue weighted by molar-refractivity contribution is 7.26. The van der Waals surface area contributed by atoms with E-state index >= 15 is 0 Å². The van der Waals surface area contributed by atoms with Gasteiger partial charge in [0, 0.05) is 43.1 Å². The summed E-state index contributed by atoms with van der Waals surface area (Å²) in [5, 5.41) is 2.94. The first-order chi connectivity index (χ1) is 28.3. The average molecular weight is 748 g/mol. The molecule has 1 aliphatic rings. The average Bonchev–Trinajstić information content (AvgIpc) is 3.96. The maximum Gasteiger partial charge on any atom is 0.164 e. The summed E-state index contributed by atoms with van der Waals surface area (Å²) in [5.74, 6) is 2.37. The summed E-state index contributed by atoms with van der Waals surface area (Å²) in [7, 11) is 0. The van der Waals surface area contributed by atoms with Crippen molar-refractivity contribution < 1.29 is 4.42 Å². The van der Waals surface area contributed by atoms with Gasteiger partial charge in [-0.1, -0.05) is 152 Å². The Kier molecular flexibility index (Phi) is 7.06. The maximum absolute atomic E-state index is 6.65. The molecule has 0 atom stereocenters. The minimum Gasteiger partial charge on any atom is -0.456 e. The number of rotatable bonds is 5. The van der Waals surface area contributed by atoms with Gasteiger partial charge in [-0.2, -0.15) is 0 Å². The lowest BCUT2D eigenvalue weighted by Gasteiger charge is -2.15. The Morgan fingerprint density at radius 3 is 1.65 bits per heavy atom. The summed E-state index contributed by atoms with van der Waals surface area (Å²) < 4.78 is 8.89. The summed E-state index contributed by atoms with van der Waals surface area (Å²) in [6.45, 7) is 0. The van der Waals surface area contributed by atoms with Gasteiger partial charge in [0.15, 0.2) is 17.5 Å². The monoisotopic (exact) mass is 747 g/mol. The third-order valence-corrected chi connectivity index (χ3v) is 12.2. The zero-order valence-electron chi connectivity index (χ0n) is 30.3. The third-order valence-electron chi connectivity index (χ3n) is 11.0. The number of furan rings is 1. The second-order valence-corrected chi connectivity index (χ2v) is 15.4. The lowest BCUT2D eigenvalue weighted by molar-refractivity contribution is 0.669. The summed E-state index contributed by atoms with van der Waals surface area (Å²) >= 11 is 1.73. The molecule has 7 heteroatoms. The smallest absolute Gasteiger partial charge is 0.164 e. The first kappa shape index (κ1) is 31.9. The lowest BCUT2D eigenvalue weighted by Crippen LogP contribution is -2.09. The Labute approximate surface area is 330 Å². The standard InChI is InChI=1S/C50H29N5OS/c1-3-15-29(16-4-1)44-46-45(35-23-11-12-28-40(35)57-46)52-48(51-44)36-24-13-26-38-42(36)43-37(25-14-27-39(43)56-38)49-53-47(30-17-5-2-6-18-30)54-50(55-49)41-33-21-9-7-19-31(33)32-20-8-10-22-34(32)41/h1-28,41H. The molecular formula is C50H29N5OS. The first-order valence-electron chi connectivity index (χ1n) is 19.0. The quantitative estimate of drug-likeness (QED) is 0.174. The minimum atomic E-state index is -0.158. The molecule has 4 heterocycles. The van der Waals surface area contributed by atoms with Gasteiger partial charge >= 0.3 is 0 Å². The fourth-order valence-electron chi connectivity index (χ4n) is 8.53. The first-order valence-corrected chi connectivity index (χ1v) is 19.8. The molecule has 0 radical (unpaired) electrons. The van der Waals surface area contributed by atoms with Crippen LogP contribution < -0.4 is 0 Å². The predicted octanol–water partition coefficient (Wildman–Crippen LogP) is 12.8. The predicted molar refractivity (Wildman–Crippen MR) is 230 cm³/mol. The van der Waals surface area contributed by atoms with Crippen molar-refractivity contribution in [3.8, 4) is 56.5 Å². The van der Waals surface area contributed by atoms with Crippen molar-refractivity contribution in [1.82, 2.24) is 24.9 Å². The van der Waals surface area contributed by atoms with Gasteiger partial charge in [0.25, 0.3) is 0 Å². The van der Waals surface area contributed by atoms with Crippen LogP contribution in [0.4, 0.5) is 0 Å². The number of nitrogens with zero attached hydrogens (tertiary/aromatic N) is 5. The van der Waals surface area contributed by atoms with Gasteiger partial charge in [-0.25, -0.2) is 24.9 Å². The van der Waals surface area contributed by atoms with Crippen molar-refractivity contribution >= 4 is 53.6 Å². The molecule has 0 spiro atoms. The molecule has 12 rings (SSSR count). The van der Waals surface area contributed by atoms with E-state index in [0.717, 1.165) is 65.5 Å². The van der Waals surface area contributed by atoms with E-state index in [1.165, 1.54) is 27.0 Å². The second kappa shape index (κ2) is 12.6. The fourth-order valence-corrected chi connectivity index (χ4v) is 9.69. The topological polar surface area (TPSA) is 77.6 Å². The fraction of sp³-hybridized carbons (Fsp3) is 0.0200. The highest BCUT2D eigenvalue weighted by Crippen LogP contribution is 2.48. The van der Waals surface area contributed by atoms with Crippen molar-refractivity contribution in [1.29, 1.82) is 0 Å². The van der Waals surface area contributed by atoms with Crippen LogP contribution in [0.25, 0.3) is 98.8 Å². The molecule has 0 unspecified atom stereocenters. The Morgan fingerprint density at radius 1 is 0.421 bits per heavy atom. The van der Waals surface area contributed by atoms with E-state index in [1.807, 2.05) is 48.5 Å². The molecule has 0 amide bonds. The molecule has 57 heavy (non-hydrogen) atoms. The van der Waals surface area contributed by atoms with Crippen LogP contribution in [0.15, 0.2) is 174 Å². The molecule has 0 bridgehead atoms. The van der Waals surface area contributed by atoms with Crippen LogP contribution in [-0.2, 0) is 0 Å². The van der Waals surface area contributed by atoms with Crippen molar-refractivity contribution in [2.24, 2.45) is 0 Å². The summed E-state index contributed by atoms with van der Waals surface area (Å²) in [5.41, 5.74) is 11.8. The van der Waals surface area contributed by atoms with Crippen LogP contribution in [0.1, 0.15) is 22.9 Å². The van der Waals surface area contributed by atoms with Crippen LogP contribution in [-0.4, -0.2) is 24.9 Å². The number of hydrogen-bond acceptors (Lipinski definition) is 7. The molecular weight excluding hydrogens is 719 g/mol. The van der Waals surface area contributed by atoms with E-state index in [1.54, 1.807) is 11.3 Å². The van der Waals surface area contributed by atoms with E-state index in [0.29, 0.717) is 23.3 Å². The number of benzene rings is 7. The zero-order chi connectivity index (χ0) is 37.5. The van der Waals surface area contributed by atoms with E-state index in [4.69, 9.17) is 29.3 Å². The zero-order valence-corrected chi connectivity index (χ0v) is 31.1. The second-order valence-electron chi connectivity index (χ2n) is 14.3. The van der Waals surface area contributed by atoms with Gasteiger partial charge in [0.2, 0.25) is 0 Å².